The van der Waals surface area contributed by atoms with Crippen LogP contribution in [0, 0.1) is 0 Å². The van der Waals surface area contributed by atoms with E-state index in [4.69, 9.17) is 0 Å². The molecule has 26 aromatic carbocycles. The maximum absolute atomic E-state index is 2.44. The number of fused-ring (bicyclic) bond motifs is 28. The van der Waals surface area contributed by atoms with Gasteiger partial charge in [-0.1, -0.05) is 467 Å². The fourth-order valence-electron chi connectivity index (χ4n) is 20.8. The molecule has 0 bridgehead atoms. The van der Waals surface area contributed by atoms with Gasteiger partial charge in [0.2, 0.25) is 0 Å². The van der Waals surface area contributed by atoms with Gasteiger partial charge in [0.05, 0.1) is 0 Å². The Morgan fingerprint density at radius 1 is 0.108 bits per heavy atom. The normalized spacial score (nSPS) is 11.9. The van der Waals surface area contributed by atoms with Crippen molar-refractivity contribution >= 4 is 151 Å². The fourth-order valence-corrected chi connectivity index (χ4v) is 20.8. The van der Waals surface area contributed by atoms with Crippen molar-refractivity contribution in [1.82, 2.24) is 0 Å². The first kappa shape index (κ1) is 78.3. The van der Waals surface area contributed by atoms with Crippen molar-refractivity contribution in [1.29, 1.82) is 0 Å². The molecule has 26 aromatic rings. The third-order valence-electron chi connectivity index (χ3n) is 27.0. The van der Waals surface area contributed by atoms with E-state index in [2.05, 4.69) is 497 Å². The predicted molar refractivity (Wildman–Crippen MR) is 561 cm³/mol. The van der Waals surface area contributed by atoms with Gasteiger partial charge in [-0.25, -0.2) is 0 Å². The molecule has 0 spiro atoms. The highest BCUT2D eigenvalue weighted by atomic mass is 14.3. The minimum absolute atomic E-state index is 1.09. The maximum atomic E-state index is 2.44. The average molecular weight is 1650 g/mol. The van der Waals surface area contributed by atoms with E-state index in [1.807, 2.05) is 0 Å². The topological polar surface area (TPSA) is 0 Å². The van der Waals surface area contributed by atoms with Crippen molar-refractivity contribution in [2.24, 2.45) is 0 Å². The molecule has 0 fully saturated rings. The molecule has 0 aliphatic heterocycles. The second-order valence-electron chi connectivity index (χ2n) is 34.7. The molecule has 130 heavy (non-hydrogen) atoms. The van der Waals surface area contributed by atoms with Crippen LogP contribution in [-0.2, 0) is 25.7 Å². The quantitative estimate of drug-likeness (QED) is 0.105. The summed E-state index contributed by atoms with van der Waals surface area (Å²) in [6.07, 6.45) is 4.36. The zero-order valence-electron chi connectivity index (χ0n) is 72.2. The molecule has 0 amide bonds. The molecular formula is C130H90. The van der Waals surface area contributed by atoms with Crippen molar-refractivity contribution in [2.75, 3.05) is 0 Å². The molecule has 0 unspecified atom stereocenters. The Kier molecular flexibility index (Phi) is 20.8. The standard InChI is InChI=1S/2C20H14.2C18H12.C16H10.2C14H10.C10H8/c1-3-7-16-14(6-1)12-19-18(16)10-9-15-11-13-5-2-4-8-17(13)20(15)19;1-3-7-17-13(5-1)9-15-11-16-10-14-6-2-4-8-18(14)20(16)12-19(15)17;1-3-7-16-13(5-1)9-11-15-12-10-14-6-2-4-8-17(14)18(15)16;1-2-7-15-12-18-16(11-14(15)6-1)10-9-13-5-3-4-8-17(13)18;1-3-11-7-9-13-5-2-6-14-10-8-12(4-1)15(11)16(13)14;1-3-7-13-11(5-1)9-10-12-6-2-4-8-14(12)13;1-2-6-12-10-14-8-4-3-7-13(14)9-11(12)5-1;1-2-6-10-8-4-3-7-9(10)5-1/h1-10H,11-12H2;1-8,11-12H,9-10H2;2*1-12H;1-10H;2*1-10H;1-8H. The smallest absolute Gasteiger partial charge is 0.000718 e. The lowest BCUT2D eigenvalue weighted by Gasteiger charge is -2.09. The zero-order chi connectivity index (χ0) is 86.2. The highest BCUT2D eigenvalue weighted by Gasteiger charge is 2.29. The van der Waals surface area contributed by atoms with Crippen LogP contribution in [0.1, 0.15) is 44.5 Å². The van der Waals surface area contributed by atoms with Gasteiger partial charge in [-0.2, -0.15) is 0 Å². The summed E-state index contributed by atoms with van der Waals surface area (Å²) in [5.74, 6) is 0. The summed E-state index contributed by atoms with van der Waals surface area (Å²) in [6, 6.07) is 178. The Balaban J connectivity index is 0.0000000852. The zero-order valence-corrected chi connectivity index (χ0v) is 72.2. The van der Waals surface area contributed by atoms with Crippen LogP contribution < -0.4 is 0 Å². The molecule has 30 rings (SSSR count). The van der Waals surface area contributed by atoms with Crippen molar-refractivity contribution < 1.29 is 0 Å². The number of hydrogen-bond donors (Lipinski definition) is 0. The van der Waals surface area contributed by atoms with E-state index in [1.165, 1.54) is 240 Å². The first-order chi connectivity index (χ1) is 64.4. The number of benzene rings is 26. The summed E-state index contributed by atoms with van der Waals surface area (Å²) >= 11 is 0. The highest BCUT2D eigenvalue weighted by Crippen LogP contribution is 2.49. The van der Waals surface area contributed by atoms with Gasteiger partial charge in [-0.3, -0.25) is 0 Å². The fraction of sp³-hybridized carbons (Fsp3) is 0.0308. The molecule has 0 saturated heterocycles. The van der Waals surface area contributed by atoms with Gasteiger partial charge in [0.1, 0.15) is 0 Å². The van der Waals surface area contributed by atoms with E-state index in [1.54, 1.807) is 0 Å². The summed E-state index contributed by atoms with van der Waals surface area (Å²) in [6.45, 7) is 0. The molecule has 0 heteroatoms. The molecule has 610 valence electrons. The van der Waals surface area contributed by atoms with Crippen LogP contribution in [0.5, 0.6) is 0 Å². The predicted octanol–water partition coefficient (Wildman–Crippen LogP) is 35.4. The van der Waals surface area contributed by atoms with E-state index < -0.39 is 0 Å². The van der Waals surface area contributed by atoms with Gasteiger partial charge >= 0.3 is 0 Å². The third-order valence-corrected chi connectivity index (χ3v) is 27.0. The van der Waals surface area contributed by atoms with E-state index in [0.29, 0.717) is 0 Å². The van der Waals surface area contributed by atoms with Gasteiger partial charge < -0.3 is 0 Å². The molecule has 0 saturated carbocycles. The molecule has 4 aliphatic rings. The highest BCUT2D eigenvalue weighted by molar-refractivity contribution is 6.23. The Labute approximate surface area is 757 Å². The first-order valence-corrected chi connectivity index (χ1v) is 45.5. The molecule has 0 atom stereocenters. The molecule has 0 N–H and O–H groups in total. The average Bonchev–Trinajstić information content (AvgIpc) is 1.46. The lowest BCUT2D eigenvalue weighted by Crippen LogP contribution is -1.88. The van der Waals surface area contributed by atoms with Gasteiger partial charge in [0.15, 0.2) is 0 Å². The van der Waals surface area contributed by atoms with Crippen LogP contribution in [0.15, 0.2) is 497 Å². The van der Waals surface area contributed by atoms with Crippen LogP contribution in [0.25, 0.3) is 195 Å². The van der Waals surface area contributed by atoms with E-state index in [0.717, 1.165) is 25.7 Å². The second-order valence-corrected chi connectivity index (χ2v) is 34.7. The van der Waals surface area contributed by atoms with Crippen LogP contribution >= 0.6 is 0 Å². The van der Waals surface area contributed by atoms with Crippen LogP contribution in [-0.4, -0.2) is 0 Å². The minimum atomic E-state index is 1.09. The van der Waals surface area contributed by atoms with E-state index >= 15 is 0 Å². The second kappa shape index (κ2) is 34.5. The lowest BCUT2D eigenvalue weighted by molar-refractivity contribution is 1.21. The Morgan fingerprint density at radius 2 is 0.369 bits per heavy atom. The molecule has 4 aliphatic carbocycles. The van der Waals surface area contributed by atoms with Crippen molar-refractivity contribution in [2.45, 2.75) is 25.7 Å². The van der Waals surface area contributed by atoms with E-state index in [-0.39, 0.29) is 0 Å². The Morgan fingerprint density at radius 3 is 0.777 bits per heavy atom. The lowest BCUT2D eigenvalue weighted by atomic mass is 9.95. The first-order valence-electron chi connectivity index (χ1n) is 45.5. The molecule has 0 heterocycles. The Hall–Kier alpha value is -16.4. The summed E-state index contributed by atoms with van der Waals surface area (Å²) in [5.41, 5.74) is 23.5. The van der Waals surface area contributed by atoms with Crippen LogP contribution in [0.3, 0.4) is 0 Å². The van der Waals surface area contributed by atoms with E-state index in [9.17, 15) is 0 Å². The monoisotopic (exact) mass is 1650 g/mol. The Bertz CT molecular complexity index is 8280. The molecular weight excluding hydrogens is 1560 g/mol. The summed E-state index contributed by atoms with van der Waals surface area (Å²) in [5, 5.41) is 37.2. The molecule has 0 nitrogen and oxygen atoms in total. The van der Waals surface area contributed by atoms with Gasteiger partial charge in [-0.05, 0) is 296 Å². The number of hydrogen-bond acceptors (Lipinski definition) is 0. The largest absolute Gasteiger partial charge is 0.0619 e. The summed E-state index contributed by atoms with van der Waals surface area (Å²) in [7, 11) is 0. The van der Waals surface area contributed by atoms with Gasteiger partial charge in [0, 0.05) is 0 Å². The van der Waals surface area contributed by atoms with Crippen LogP contribution in [0.2, 0.25) is 0 Å². The van der Waals surface area contributed by atoms with Crippen molar-refractivity contribution in [3.8, 4) is 44.5 Å². The minimum Gasteiger partial charge on any atom is -0.0619 e. The maximum Gasteiger partial charge on any atom is -0.000718 e. The van der Waals surface area contributed by atoms with Gasteiger partial charge in [-0.15, -0.1) is 0 Å². The summed E-state index contributed by atoms with van der Waals surface area (Å²) in [4.78, 5) is 0. The van der Waals surface area contributed by atoms with Crippen molar-refractivity contribution in [3.63, 3.8) is 0 Å². The number of rotatable bonds is 0. The third kappa shape index (κ3) is 15.1. The SMILES string of the molecule is c1cc2ccc3cccc4ccc(c1)c2c34.c1ccc2c(c1)Cc1c-2ccc2c1-c1ccccc1C2.c1ccc2c(c1)Cc1cc3c(cc1-2)-c1ccccc1C3.c1ccc2c(c1)ccc1ccc3ccccc3c12.c1ccc2c(c1)ccc1ccccc12.c1ccc2cc3c(ccc4ccccc43)cc2c1.c1ccc2cc3ccccc3cc2c1.c1ccc2ccccc2c1. The summed E-state index contributed by atoms with van der Waals surface area (Å²) < 4.78 is 0. The molecule has 0 radical (unpaired) electrons. The van der Waals surface area contributed by atoms with Crippen LogP contribution in [0.4, 0.5) is 0 Å². The van der Waals surface area contributed by atoms with Crippen molar-refractivity contribution in [3.05, 3.63) is 542 Å². The molecule has 0 aromatic heterocycles. The van der Waals surface area contributed by atoms with Gasteiger partial charge in [0.25, 0.3) is 0 Å².